The van der Waals surface area contributed by atoms with Crippen LogP contribution in [-0.2, 0) is 6.42 Å². The van der Waals surface area contributed by atoms with Gasteiger partial charge >= 0.3 is 0 Å². The molecule has 0 fully saturated rings. The number of benzene rings is 2. The van der Waals surface area contributed by atoms with E-state index in [2.05, 4.69) is 4.90 Å². The summed E-state index contributed by atoms with van der Waals surface area (Å²) in [4.78, 5) is 2.05. The molecule has 0 saturated carbocycles. The molecule has 0 bridgehead atoms. The van der Waals surface area contributed by atoms with Crippen molar-refractivity contribution < 1.29 is 18.3 Å². The molecule has 2 aliphatic rings. The van der Waals surface area contributed by atoms with Gasteiger partial charge in [-0.05, 0) is 64.9 Å². The molecular weight excluding hydrogens is 363 g/mol. The van der Waals surface area contributed by atoms with Crippen LogP contribution in [0.1, 0.15) is 29.2 Å². The van der Waals surface area contributed by atoms with Crippen molar-refractivity contribution in [1.29, 1.82) is 0 Å². The second-order valence-electron chi connectivity index (χ2n) is 6.86. The van der Waals surface area contributed by atoms with Gasteiger partial charge in [0, 0.05) is 24.7 Å². The number of rotatable bonds is 3. The van der Waals surface area contributed by atoms with Crippen LogP contribution in [0.3, 0.4) is 0 Å². The van der Waals surface area contributed by atoms with E-state index >= 15 is 0 Å². The maximum absolute atomic E-state index is 13.4. The molecule has 1 atom stereocenters. The summed E-state index contributed by atoms with van der Waals surface area (Å²) < 4.78 is 39.8. The lowest BCUT2D eigenvalue weighted by Crippen LogP contribution is -2.34. The molecule has 1 aliphatic carbocycles. The van der Waals surface area contributed by atoms with Crippen molar-refractivity contribution in [2.45, 2.75) is 18.9 Å². The number of aliphatic hydroxyl groups is 1. The second-order valence-corrected chi connectivity index (χ2v) is 7.30. The number of halogens is 4. The molecule has 1 aliphatic heterocycles. The molecule has 2 aromatic rings. The van der Waals surface area contributed by atoms with E-state index in [9.17, 15) is 18.3 Å². The van der Waals surface area contributed by atoms with Gasteiger partial charge in [0.2, 0.25) is 0 Å². The molecule has 2 nitrogen and oxygen atoms in total. The Bertz CT molecular complexity index is 889. The summed E-state index contributed by atoms with van der Waals surface area (Å²) in [7, 11) is 0. The third-order valence-electron chi connectivity index (χ3n) is 5.14. The lowest BCUT2D eigenvalue weighted by Gasteiger charge is -2.30. The van der Waals surface area contributed by atoms with Crippen molar-refractivity contribution in [3.8, 4) is 0 Å². The van der Waals surface area contributed by atoms with Crippen LogP contribution in [0, 0.1) is 17.5 Å². The van der Waals surface area contributed by atoms with E-state index in [4.69, 9.17) is 11.6 Å². The zero-order chi connectivity index (χ0) is 18.4. The first-order valence-electron chi connectivity index (χ1n) is 8.47. The van der Waals surface area contributed by atoms with Gasteiger partial charge in [0.15, 0.2) is 17.5 Å². The molecular formula is C20H17ClF3NO. The number of fused-ring (bicyclic) bond motifs is 2. The summed E-state index contributed by atoms with van der Waals surface area (Å²) >= 11 is 6.10. The summed E-state index contributed by atoms with van der Waals surface area (Å²) in [6, 6.07) is 7.63. The summed E-state index contributed by atoms with van der Waals surface area (Å²) in [5, 5.41) is 11.1. The van der Waals surface area contributed by atoms with Crippen molar-refractivity contribution in [1.82, 2.24) is 4.90 Å². The normalized spacial score (nSPS) is 18.0. The van der Waals surface area contributed by atoms with Crippen LogP contribution in [0.4, 0.5) is 13.2 Å². The largest absolute Gasteiger partial charge is 0.387 e. The molecule has 1 N–H and O–H groups in total. The van der Waals surface area contributed by atoms with E-state index in [0.29, 0.717) is 6.54 Å². The van der Waals surface area contributed by atoms with Crippen molar-refractivity contribution in [3.63, 3.8) is 0 Å². The average Bonchev–Trinajstić information content (AvgIpc) is 2.96. The van der Waals surface area contributed by atoms with Gasteiger partial charge in [-0.3, -0.25) is 4.90 Å². The Labute approximate surface area is 154 Å². The smallest absolute Gasteiger partial charge is 0.194 e. The number of β-amino-alcohol motifs (C(OH)–C–C–N with tert-alkyl or cyclic N) is 1. The minimum atomic E-state index is -1.52. The first-order chi connectivity index (χ1) is 12.4. The van der Waals surface area contributed by atoms with Crippen molar-refractivity contribution in [3.05, 3.63) is 75.1 Å². The molecule has 26 heavy (non-hydrogen) atoms. The fraction of sp³-hybridized carbons (Fsp3) is 0.300. The molecule has 0 amide bonds. The van der Waals surface area contributed by atoms with Crippen molar-refractivity contribution >= 4 is 17.2 Å². The second kappa shape index (κ2) is 6.72. The highest BCUT2D eigenvalue weighted by atomic mass is 35.5. The molecule has 0 aromatic heterocycles. The van der Waals surface area contributed by atoms with Crippen LogP contribution < -0.4 is 0 Å². The zero-order valence-corrected chi connectivity index (χ0v) is 14.7. The van der Waals surface area contributed by atoms with Gasteiger partial charge in [-0.1, -0.05) is 17.7 Å². The van der Waals surface area contributed by atoms with Gasteiger partial charge in [-0.25, -0.2) is 13.2 Å². The van der Waals surface area contributed by atoms with Gasteiger partial charge in [0.1, 0.15) is 0 Å². The maximum atomic E-state index is 13.4. The van der Waals surface area contributed by atoms with Crippen LogP contribution >= 0.6 is 11.6 Å². The first-order valence-corrected chi connectivity index (χ1v) is 8.84. The number of nitrogens with zero attached hydrogens (tertiary/aromatic N) is 1. The van der Waals surface area contributed by atoms with E-state index in [0.717, 1.165) is 36.5 Å². The zero-order valence-electron chi connectivity index (χ0n) is 13.9. The van der Waals surface area contributed by atoms with Crippen LogP contribution in [0.5, 0.6) is 0 Å². The predicted octanol–water partition coefficient (Wildman–Crippen LogP) is 4.51. The van der Waals surface area contributed by atoms with Gasteiger partial charge in [0.25, 0.3) is 0 Å². The van der Waals surface area contributed by atoms with Crippen LogP contribution in [0.2, 0.25) is 5.02 Å². The highest BCUT2D eigenvalue weighted by molar-refractivity contribution is 6.30. The van der Waals surface area contributed by atoms with E-state index in [-0.39, 0.29) is 12.1 Å². The van der Waals surface area contributed by atoms with E-state index in [1.165, 1.54) is 22.3 Å². The topological polar surface area (TPSA) is 23.5 Å². The molecule has 1 heterocycles. The quantitative estimate of drug-likeness (QED) is 0.793. The summed E-state index contributed by atoms with van der Waals surface area (Å²) in [5.41, 5.74) is 5.10. The Balaban J connectivity index is 1.48. The Morgan fingerprint density at radius 2 is 1.85 bits per heavy atom. The van der Waals surface area contributed by atoms with E-state index in [1.54, 1.807) is 0 Å². The fourth-order valence-corrected chi connectivity index (χ4v) is 4.04. The maximum Gasteiger partial charge on any atom is 0.194 e. The van der Waals surface area contributed by atoms with Gasteiger partial charge in [-0.15, -0.1) is 0 Å². The average molecular weight is 380 g/mol. The van der Waals surface area contributed by atoms with E-state index in [1.807, 2.05) is 18.2 Å². The molecule has 136 valence electrons. The predicted molar refractivity (Wildman–Crippen MR) is 94.4 cm³/mol. The lowest BCUT2D eigenvalue weighted by atomic mass is 9.98. The third-order valence-corrected chi connectivity index (χ3v) is 5.38. The van der Waals surface area contributed by atoms with Crippen LogP contribution in [-0.4, -0.2) is 29.6 Å². The van der Waals surface area contributed by atoms with Gasteiger partial charge < -0.3 is 5.11 Å². The summed E-state index contributed by atoms with van der Waals surface area (Å²) in [6.45, 7) is 1.65. The molecule has 1 unspecified atom stereocenters. The molecule has 4 rings (SSSR count). The minimum Gasteiger partial charge on any atom is -0.387 e. The highest BCUT2D eigenvalue weighted by Gasteiger charge is 2.28. The Kier molecular flexibility index (Phi) is 4.55. The fourth-order valence-electron chi connectivity index (χ4n) is 3.87. The Morgan fingerprint density at radius 3 is 2.58 bits per heavy atom. The summed E-state index contributed by atoms with van der Waals surface area (Å²) in [6.07, 6.45) is 0.607. The molecule has 2 aromatic carbocycles. The molecule has 0 radical (unpaired) electrons. The molecule has 6 heteroatoms. The monoisotopic (exact) mass is 379 g/mol. The first kappa shape index (κ1) is 17.6. The van der Waals surface area contributed by atoms with Crippen LogP contribution in [0.15, 0.2) is 35.9 Å². The van der Waals surface area contributed by atoms with Crippen molar-refractivity contribution in [2.75, 3.05) is 19.6 Å². The van der Waals surface area contributed by atoms with E-state index < -0.39 is 23.6 Å². The number of hydrogen-bond acceptors (Lipinski definition) is 2. The number of hydrogen-bond donors (Lipinski definition) is 1. The number of aliphatic hydroxyl groups excluding tert-OH is 1. The Morgan fingerprint density at radius 1 is 1.12 bits per heavy atom. The van der Waals surface area contributed by atoms with Crippen molar-refractivity contribution in [2.24, 2.45) is 0 Å². The highest BCUT2D eigenvalue weighted by Crippen LogP contribution is 2.39. The van der Waals surface area contributed by atoms with Gasteiger partial charge in [-0.2, -0.15) is 0 Å². The molecule has 0 spiro atoms. The molecule has 0 saturated heterocycles. The standard InChI is InChI=1S/C20H17ClF3NO/c21-14-2-1-11-5-13-9-25(4-3-15(13)16(11)8-14)10-19(26)12-6-17(22)20(24)18(23)7-12/h1-2,6-8,19,26H,3-5,9-10H2. The minimum absolute atomic E-state index is 0.0441. The third kappa shape index (κ3) is 3.15. The van der Waals surface area contributed by atoms with Crippen LogP contribution in [0.25, 0.3) is 5.57 Å². The van der Waals surface area contributed by atoms with Gasteiger partial charge in [0.05, 0.1) is 6.10 Å². The summed E-state index contributed by atoms with van der Waals surface area (Å²) in [5.74, 6) is -4.09. The SMILES string of the molecule is OC(CN1CCC2=C(Cc3ccc(Cl)cc32)C1)c1cc(F)c(F)c(F)c1. The lowest BCUT2D eigenvalue weighted by molar-refractivity contribution is 0.116. The Hall–Kier alpha value is -1.82.